The number of benzene rings is 1. The van der Waals surface area contributed by atoms with Crippen LogP contribution < -0.4 is 15.0 Å². The zero-order valence-electron chi connectivity index (χ0n) is 16.5. The standard InChI is InChI=1S/C22H21FN6O/c1-30-20-14-17(8-9-25-20)29-21(15-2-4-16(23)5-3-15)26-18-6-7-19(27-22(18)29)28-12-10-24-11-13-28/h2-9,14,24H,10-13H2,1H3. The first-order chi connectivity index (χ1) is 14.7. The second-order valence-electron chi connectivity index (χ2n) is 7.08. The lowest BCUT2D eigenvalue weighted by Gasteiger charge is -2.28. The maximum Gasteiger partial charge on any atom is 0.215 e. The van der Waals surface area contributed by atoms with E-state index in [9.17, 15) is 4.39 Å². The van der Waals surface area contributed by atoms with Gasteiger partial charge in [0.15, 0.2) is 5.65 Å². The maximum absolute atomic E-state index is 13.5. The number of hydrogen-bond acceptors (Lipinski definition) is 6. The highest BCUT2D eigenvalue weighted by Crippen LogP contribution is 2.30. The molecule has 5 rings (SSSR count). The lowest BCUT2D eigenvalue weighted by Crippen LogP contribution is -2.43. The van der Waals surface area contributed by atoms with Crippen LogP contribution in [0.1, 0.15) is 0 Å². The van der Waals surface area contributed by atoms with Crippen LogP contribution in [0.5, 0.6) is 5.88 Å². The van der Waals surface area contributed by atoms with E-state index in [1.165, 1.54) is 12.1 Å². The number of imidazole rings is 1. The molecule has 7 nitrogen and oxygen atoms in total. The molecular weight excluding hydrogens is 383 g/mol. The van der Waals surface area contributed by atoms with Crippen molar-refractivity contribution in [3.8, 4) is 23.0 Å². The minimum Gasteiger partial charge on any atom is -0.481 e. The van der Waals surface area contributed by atoms with Crippen LogP contribution in [0.15, 0.2) is 54.7 Å². The normalized spacial score (nSPS) is 14.3. The van der Waals surface area contributed by atoms with Crippen LogP contribution in [0, 0.1) is 5.82 Å². The monoisotopic (exact) mass is 404 g/mol. The molecule has 0 spiro atoms. The summed E-state index contributed by atoms with van der Waals surface area (Å²) in [4.78, 5) is 16.2. The summed E-state index contributed by atoms with van der Waals surface area (Å²) in [6.45, 7) is 3.67. The van der Waals surface area contributed by atoms with Gasteiger partial charge in [-0.3, -0.25) is 4.57 Å². The van der Waals surface area contributed by atoms with Gasteiger partial charge < -0.3 is 15.0 Å². The van der Waals surface area contributed by atoms with Crippen molar-refractivity contribution in [1.82, 2.24) is 24.8 Å². The van der Waals surface area contributed by atoms with Crippen molar-refractivity contribution in [1.29, 1.82) is 0 Å². The molecule has 0 amide bonds. The predicted molar refractivity (Wildman–Crippen MR) is 114 cm³/mol. The van der Waals surface area contributed by atoms with E-state index >= 15 is 0 Å². The average molecular weight is 404 g/mol. The van der Waals surface area contributed by atoms with Crippen molar-refractivity contribution in [3.05, 3.63) is 60.5 Å². The van der Waals surface area contributed by atoms with Gasteiger partial charge in [0.1, 0.15) is 23.0 Å². The third-order valence-corrected chi connectivity index (χ3v) is 5.22. The first kappa shape index (κ1) is 18.5. The Labute approximate surface area is 173 Å². The second-order valence-corrected chi connectivity index (χ2v) is 7.08. The number of halogens is 1. The molecule has 0 saturated carbocycles. The van der Waals surface area contributed by atoms with Crippen LogP contribution in [-0.4, -0.2) is 52.8 Å². The number of aromatic nitrogens is 4. The largest absolute Gasteiger partial charge is 0.481 e. The Balaban J connectivity index is 1.72. The van der Waals surface area contributed by atoms with Crippen LogP contribution in [0.25, 0.3) is 28.2 Å². The summed E-state index contributed by atoms with van der Waals surface area (Å²) < 4.78 is 20.8. The topological polar surface area (TPSA) is 68.1 Å². The number of hydrogen-bond donors (Lipinski definition) is 1. The van der Waals surface area contributed by atoms with Gasteiger partial charge in [-0.2, -0.15) is 0 Å². The van der Waals surface area contributed by atoms with E-state index in [1.807, 2.05) is 28.8 Å². The van der Waals surface area contributed by atoms with Gasteiger partial charge in [-0.25, -0.2) is 19.3 Å². The maximum atomic E-state index is 13.5. The zero-order valence-corrected chi connectivity index (χ0v) is 16.5. The molecule has 8 heteroatoms. The summed E-state index contributed by atoms with van der Waals surface area (Å²) in [5.41, 5.74) is 3.13. The van der Waals surface area contributed by atoms with E-state index in [0.717, 1.165) is 54.4 Å². The Morgan fingerprint density at radius 2 is 1.80 bits per heavy atom. The van der Waals surface area contributed by atoms with E-state index in [2.05, 4.69) is 15.2 Å². The highest BCUT2D eigenvalue weighted by atomic mass is 19.1. The van der Waals surface area contributed by atoms with Crippen LogP contribution >= 0.6 is 0 Å². The van der Waals surface area contributed by atoms with Gasteiger partial charge in [0.05, 0.1) is 12.8 Å². The summed E-state index contributed by atoms with van der Waals surface area (Å²) in [5.74, 6) is 1.81. The van der Waals surface area contributed by atoms with Gasteiger partial charge in [0, 0.05) is 44.0 Å². The lowest BCUT2D eigenvalue weighted by atomic mass is 10.2. The second kappa shape index (κ2) is 7.72. The van der Waals surface area contributed by atoms with Gasteiger partial charge in [-0.15, -0.1) is 0 Å². The molecule has 0 bridgehead atoms. The van der Waals surface area contributed by atoms with Gasteiger partial charge in [-0.1, -0.05) is 0 Å². The van der Waals surface area contributed by atoms with Crippen LogP contribution in [0.3, 0.4) is 0 Å². The average Bonchev–Trinajstić information content (AvgIpc) is 3.19. The van der Waals surface area contributed by atoms with Crippen molar-refractivity contribution >= 4 is 17.0 Å². The molecule has 1 aromatic carbocycles. The fourth-order valence-electron chi connectivity index (χ4n) is 3.70. The Bertz CT molecular complexity index is 1180. The number of ether oxygens (including phenoxy) is 1. The quantitative estimate of drug-likeness (QED) is 0.564. The SMILES string of the molecule is COc1cc(-n2c(-c3ccc(F)cc3)nc3ccc(N4CCNCC4)nc32)ccn1. The third-order valence-electron chi connectivity index (χ3n) is 5.22. The van der Waals surface area contributed by atoms with Gasteiger partial charge in [0.2, 0.25) is 5.88 Å². The lowest BCUT2D eigenvalue weighted by molar-refractivity contribution is 0.397. The number of methoxy groups -OCH3 is 1. The molecule has 3 aromatic heterocycles. The van der Waals surface area contributed by atoms with Crippen molar-refractivity contribution in [2.75, 3.05) is 38.2 Å². The van der Waals surface area contributed by atoms with E-state index in [4.69, 9.17) is 14.7 Å². The summed E-state index contributed by atoms with van der Waals surface area (Å²) in [5, 5.41) is 3.36. The minimum absolute atomic E-state index is 0.286. The molecule has 4 aromatic rings. The molecule has 152 valence electrons. The number of pyridine rings is 2. The van der Waals surface area contributed by atoms with Crippen molar-refractivity contribution in [2.45, 2.75) is 0 Å². The Morgan fingerprint density at radius 3 is 2.57 bits per heavy atom. The molecule has 1 aliphatic rings. The molecule has 0 aliphatic carbocycles. The number of rotatable bonds is 4. The zero-order chi connectivity index (χ0) is 20.5. The molecule has 1 fully saturated rings. The van der Waals surface area contributed by atoms with Crippen LogP contribution in [0.2, 0.25) is 0 Å². The Kier molecular flexibility index (Phi) is 4.76. The summed E-state index contributed by atoms with van der Waals surface area (Å²) in [6, 6.07) is 14.0. The van der Waals surface area contributed by atoms with Crippen molar-refractivity contribution in [2.24, 2.45) is 0 Å². The smallest absolute Gasteiger partial charge is 0.215 e. The van der Waals surface area contributed by atoms with Gasteiger partial charge in [0.25, 0.3) is 0 Å². The van der Waals surface area contributed by atoms with Crippen molar-refractivity contribution in [3.63, 3.8) is 0 Å². The minimum atomic E-state index is -0.286. The number of anilines is 1. The first-order valence-electron chi connectivity index (χ1n) is 9.84. The molecule has 30 heavy (non-hydrogen) atoms. The summed E-state index contributed by atoms with van der Waals surface area (Å²) in [7, 11) is 1.58. The third kappa shape index (κ3) is 3.35. The van der Waals surface area contributed by atoms with Crippen LogP contribution in [-0.2, 0) is 0 Å². The Morgan fingerprint density at radius 1 is 1.00 bits per heavy atom. The fraction of sp³-hybridized carbons (Fsp3) is 0.227. The van der Waals surface area contributed by atoms with E-state index in [1.54, 1.807) is 25.4 Å². The fourth-order valence-corrected chi connectivity index (χ4v) is 3.70. The molecule has 0 radical (unpaired) electrons. The molecule has 4 heterocycles. The molecule has 1 saturated heterocycles. The highest BCUT2D eigenvalue weighted by Gasteiger charge is 2.19. The molecule has 1 N–H and O–H groups in total. The number of fused-ring (bicyclic) bond motifs is 1. The molecule has 0 atom stereocenters. The highest BCUT2D eigenvalue weighted by molar-refractivity contribution is 5.81. The van der Waals surface area contributed by atoms with Crippen LogP contribution in [0.4, 0.5) is 10.2 Å². The van der Waals surface area contributed by atoms with Crippen molar-refractivity contribution < 1.29 is 9.13 Å². The van der Waals surface area contributed by atoms with Gasteiger partial charge >= 0.3 is 0 Å². The summed E-state index contributed by atoms with van der Waals surface area (Å²) >= 11 is 0. The Hall–Kier alpha value is -3.52. The first-order valence-corrected chi connectivity index (χ1v) is 9.84. The summed E-state index contributed by atoms with van der Waals surface area (Å²) in [6.07, 6.45) is 1.69. The van der Waals surface area contributed by atoms with E-state index < -0.39 is 0 Å². The molecule has 0 unspecified atom stereocenters. The molecule has 1 aliphatic heterocycles. The predicted octanol–water partition coefficient (Wildman–Crippen LogP) is 3.04. The van der Waals surface area contributed by atoms with E-state index in [0.29, 0.717) is 11.7 Å². The molecular formula is C22H21FN6O. The number of nitrogens with one attached hydrogen (secondary N) is 1. The van der Waals surface area contributed by atoms with E-state index in [-0.39, 0.29) is 5.82 Å². The number of nitrogens with zero attached hydrogens (tertiary/aromatic N) is 5. The number of piperazine rings is 1. The van der Waals surface area contributed by atoms with Gasteiger partial charge in [-0.05, 0) is 42.5 Å².